The van der Waals surface area contributed by atoms with E-state index >= 15 is 0 Å². The second-order valence-corrected chi connectivity index (χ2v) is 2.58. The highest BCUT2D eigenvalue weighted by Crippen LogP contribution is 2.14. The zero-order chi connectivity index (χ0) is 9.14. The second-order valence-electron chi connectivity index (χ2n) is 2.58. The van der Waals surface area contributed by atoms with Crippen molar-refractivity contribution in [3.63, 3.8) is 0 Å². The van der Waals surface area contributed by atoms with E-state index < -0.39 is 0 Å². The van der Waals surface area contributed by atoms with E-state index in [-0.39, 0.29) is 5.91 Å². The van der Waals surface area contributed by atoms with Gasteiger partial charge in [-0.25, -0.2) is 0 Å². The predicted octanol–water partition coefficient (Wildman–Crippen LogP) is 0.426. The average Bonchev–Trinajstić information content (AvgIpc) is 2.45. The van der Waals surface area contributed by atoms with Gasteiger partial charge in [0, 0.05) is 33.5 Å². The molecule has 0 saturated carbocycles. The average molecular weight is 167 g/mol. The molecule has 0 spiro atoms. The molecule has 0 aromatic carbocycles. The molecule has 0 aliphatic rings. The number of aromatic nitrogens is 1. The minimum Gasteiger partial charge on any atom is -0.386 e. The van der Waals surface area contributed by atoms with Crippen LogP contribution < -0.4 is 10.6 Å². The fourth-order valence-electron chi connectivity index (χ4n) is 1.10. The molecule has 1 rings (SSSR count). The lowest BCUT2D eigenvalue weighted by Gasteiger charge is -1.99. The van der Waals surface area contributed by atoms with Crippen LogP contribution in [0.1, 0.15) is 10.4 Å². The molecule has 0 unspecified atom stereocenters. The number of hydrogen-bond acceptors (Lipinski definition) is 2. The first-order valence-electron chi connectivity index (χ1n) is 3.75. The highest BCUT2D eigenvalue weighted by atomic mass is 16.1. The summed E-state index contributed by atoms with van der Waals surface area (Å²) in [6.07, 6.45) is 3.65. The molecule has 1 aromatic rings. The van der Waals surface area contributed by atoms with E-state index in [0.29, 0.717) is 5.56 Å². The number of hydrogen-bond donors (Lipinski definition) is 2. The molecular weight excluding hydrogens is 154 g/mol. The number of carbonyl (C=O) groups excluding carboxylic acids is 1. The summed E-state index contributed by atoms with van der Waals surface area (Å²) in [6, 6.07) is 0. The van der Waals surface area contributed by atoms with Gasteiger partial charge >= 0.3 is 0 Å². The Balaban J connectivity index is 3.04. The molecule has 0 aliphatic heterocycles. The van der Waals surface area contributed by atoms with Crippen molar-refractivity contribution < 1.29 is 4.79 Å². The van der Waals surface area contributed by atoms with Crippen LogP contribution in [0, 0.1) is 0 Å². The molecular formula is C8H13N3O. The summed E-state index contributed by atoms with van der Waals surface area (Å²) in [5, 5.41) is 5.53. The molecule has 4 nitrogen and oxygen atoms in total. The van der Waals surface area contributed by atoms with E-state index in [0.717, 1.165) is 5.69 Å². The molecule has 4 heteroatoms. The third-order valence-electron chi connectivity index (χ3n) is 1.70. The molecule has 66 valence electrons. The summed E-state index contributed by atoms with van der Waals surface area (Å²) in [4.78, 5) is 11.2. The van der Waals surface area contributed by atoms with Crippen LogP contribution in [0.5, 0.6) is 0 Å². The van der Waals surface area contributed by atoms with Crippen LogP contribution in [-0.2, 0) is 7.05 Å². The smallest absolute Gasteiger partial charge is 0.254 e. The lowest BCUT2D eigenvalue weighted by Crippen LogP contribution is -2.18. The number of aryl methyl sites for hydroxylation is 1. The maximum atomic E-state index is 11.2. The van der Waals surface area contributed by atoms with Crippen LogP contribution in [0.15, 0.2) is 12.4 Å². The van der Waals surface area contributed by atoms with E-state index in [4.69, 9.17) is 0 Å². The van der Waals surface area contributed by atoms with Crippen molar-refractivity contribution >= 4 is 11.6 Å². The maximum absolute atomic E-state index is 11.2. The predicted molar refractivity (Wildman–Crippen MR) is 48.3 cm³/mol. The quantitative estimate of drug-likeness (QED) is 0.670. The van der Waals surface area contributed by atoms with Crippen molar-refractivity contribution in [2.45, 2.75) is 0 Å². The Labute approximate surface area is 71.6 Å². The van der Waals surface area contributed by atoms with Crippen LogP contribution in [0.4, 0.5) is 5.69 Å². The monoisotopic (exact) mass is 167 g/mol. The van der Waals surface area contributed by atoms with Crippen LogP contribution in [0.25, 0.3) is 0 Å². The first-order valence-corrected chi connectivity index (χ1v) is 3.75. The standard InChI is InChI=1S/C8H13N3O/c1-9-7-5-11(3)4-6(7)8(12)10-2/h4-5,9H,1-3H3,(H,10,12). The summed E-state index contributed by atoms with van der Waals surface area (Å²) in [7, 11) is 5.30. The zero-order valence-electron chi connectivity index (χ0n) is 7.51. The SMILES string of the molecule is CNC(=O)c1cn(C)cc1NC. The van der Waals surface area contributed by atoms with Crippen LogP contribution in [-0.4, -0.2) is 24.6 Å². The first kappa shape index (κ1) is 8.64. The molecule has 0 atom stereocenters. The van der Waals surface area contributed by atoms with Gasteiger partial charge in [-0.3, -0.25) is 4.79 Å². The van der Waals surface area contributed by atoms with Crippen molar-refractivity contribution in [3.8, 4) is 0 Å². The summed E-state index contributed by atoms with van der Waals surface area (Å²) in [6.45, 7) is 0. The topological polar surface area (TPSA) is 46.1 Å². The van der Waals surface area contributed by atoms with E-state index in [1.165, 1.54) is 0 Å². The van der Waals surface area contributed by atoms with E-state index in [1.54, 1.807) is 20.3 Å². The molecule has 0 saturated heterocycles. The summed E-state index contributed by atoms with van der Waals surface area (Å²) in [5.41, 5.74) is 1.51. The van der Waals surface area contributed by atoms with Crippen molar-refractivity contribution in [2.24, 2.45) is 7.05 Å². The summed E-state index contributed by atoms with van der Waals surface area (Å²) < 4.78 is 1.84. The molecule has 0 fully saturated rings. The lowest BCUT2D eigenvalue weighted by atomic mass is 10.3. The number of rotatable bonds is 2. The third-order valence-corrected chi connectivity index (χ3v) is 1.70. The Morgan fingerprint density at radius 2 is 2.08 bits per heavy atom. The van der Waals surface area contributed by atoms with Gasteiger partial charge in [-0.15, -0.1) is 0 Å². The summed E-state index contributed by atoms with van der Waals surface area (Å²) in [5.74, 6) is -0.0695. The van der Waals surface area contributed by atoms with E-state index in [9.17, 15) is 4.79 Å². The van der Waals surface area contributed by atoms with Gasteiger partial charge in [0.25, 0.3) is 5.91 Å². The van der Waals surface area contributed by atoms with Gasteiger partial charge in [-0.2, -0.15) is 0 Å². The van der Waals surface area contributed by atoms with Gasteiger partial charge in [-0.1, -0.05) is 0 Å². The Morgan fingerprint density at radius 1 is 1.42 bits per heavy atom. The second kappa shape index (κ2) is 3.30. The molecule has 1 amide bonds. The first-order chi connectivity index (χ1) is 5.69. The van der Waals surface area contributed by atoms with Gasteiger partial charge < -0.3 is 15.2 Å². The van der Waals surface area contributed by atoms with E-state index in [2.05, 4.69) is 10.6 Å². The Morgan fingerprint density at radius 3 is 2.58 bits per heavy atom. The third kappa shape index (κ3) is 1.42. The number of anilines is 1. The van der Waals surface area contributed by atoms with Crippen LogP contribution in [0.3, 0.4) is 0 Å². The molecule has 0 radical (unpaired) electrons. The Hall–Kier alpha value is -1.45. The van der Waals surface area contributed by atoms with E-state index in [1.807, 2.05) is 17.8 Å². The Kier molecular flexibility index (Phi) is 2.38. The van der Waals surface area contributed by atoms with Gasteiger partial charge in [-0.05, 0) is 0 Å². The van der Waals surface area contributed by atoms with Gasteiger partial charge in [0.1, 0.15) is 0 Å². The summed E-state index contributed by atoms with van der Waals surface area (Å²) >= 11 is 0. The minimum atomic E-state index is -0.0695. The maximum Gasteiger partial charge on any atom is 0.254 e. The number of nitrogens with zero attached hydrogens (tertiary/aromatic N) is 1. The fraction of sp³-hybridized carbons (Fsp3) is 0.375. The van der Waals surface area contributed by atoms with Crippen LogP contribution >= 0.6 is 0 Å². The molecule has 0 aliphatic carbocycles. The van der Waals surface area contributed by atoms with Gasteiger partial charge in [0.2, 0.25) is 0 Å². The minimum absolute atomic E-state index is 0.0695. The number of amides is 1. The zero-order valence-corrected chi connectivity index (χ0v) is 7.51. The fourth-order valence-corrected chi connectivity index (χ4v) is 1.10. The van der Waals surface area contributed by atoms with Gasteiger partial charge in [0.15, 0.2) is 0 Å². The normalized spacial score (nSPS) is 9.58. The molecule has 12 heavy (non-hydrogen) atoms. The molecule has 1 aromatic heterocycles. The Bertz CT molecular complexity index is 290. The number of carbonyl (C=O) groups is 1. The van der Waals surface area contributed by atoms with Crippen molar-refractivity contribution in [2.75, 3.05) is 19.4 Å². The molecule has 1 heterocycles. The van der Waals surface area contributed by atoms with Crippen molar-refractivity contribution in [3.05, 3.63) is 18.0 Å². The molecule has 0 bridgehead atoms. The van der Waals surface area contributed by atoms with Crippen LogP contribution in [0.2, 0.25) is 0 Å². The van der Waals surface area contributed by atoms with Crippen molar-refractivity contribution in [1.82, 2.24) is 9.88 Å². The van der Waals surface area contributed by atoms with Gasteiger partial charge in [0.05, 0.1) is 11.3 Å². The highest BCUT2D eigenvalue weighted by molar-refractivity contribution is 5.99. The number of nitrogens with one attached hydrogen (secondary N) is 2. The lowest BCUT2D eigenvalue weighted by molar-refractivity contribution is 0.0964. The largest absolute Gasteiger partial charge is 0.386 e. The highest BCUT2D eigenvalue weighted by Gasteiger charge is 2.10. The molecule has 2 N–H and O–H groups in total. The van der Waals surface area contributed by atoms with Crippen molar-refractivity contribution in [1.29, 1.82) is 0 Å².